The van der Waals surface area contributed by atoms with E-state index in [1.54, 1.807) is 0 Å². The summed E-state index contributed by atoms with van der Waals surface area (Å²) in [6.07, 6.45) is 6.16. The first-order chi connectivity index (χ1) is 6.72. The Morgan fingerprint density at radius 1 is 1.50 bits per heavy atom. The van der Waals surface area contributed by atoms with Gasteiger partial charge in [-0.05, 0) is 32.5 Å². The second kappa shape index (κ2) is 5.01. The van der Waals surface area contributed by atoms with E-state index in [0.29, 0.717) is 0 Å². The molecule has 78 valence electrons. The minimum atomic E-state index is 1.01. The molecule has 0 spiro atoms. The zero-order chi connectivity index (χ0) is 10.6. The quantitative estimate of drug-likeness (QED) is 0.662. The summed E-state index contributed by atoms with van der Waals surface area (Å²) < 4.78 is 0. The van der Waals surface area contributed by atoms with Gasteiger partial charge in [0.25, 0.3) is 0 Å². The fourth-order valence-corrected chi connectivity index (χ4v) is 1.83. The molecular formula is C12H20N2. The molecule has 0 N–H and O–H groups in total. The molecule has 0 saturated carbocycles. The van der Waals surface area contributed by atoms with Gasteiger partial charge in [-0.3, -0.25) is 4.90 Å². The Hall–Kier alpha value is -1.02. The van der Waals surface area contributed by atoms with Gasteiger partial charge in [-0.15, -0.1) is 0 Å². The van der Waals surface area contributed by atoms with E-state index in [1.807, 2.05) is 6.08 Å². The first kappa shape index (κ1) is 11.1. The van der Waals surface area contributed by atoms with E-state index in [2.05, 4.69) is 49.4 Å². The fourth-order valence-electron chi connectivity index (χ4n) is 1.83. The maximum absolute atomic E-state index is 3.77. The van der Waals surface area contributed by atoms with Crippen LogP contribution in [0.3, 0.4) is 0 Å². The summed E-state index contributed by atoms with van der Waals surface area (Å²) in [6.45, 7) is 11.1. The average Bonchev–Trinajstić information content (AvgIpc) is 2.20. The molecule has 1 rings (SSSR count). The summed E-state index contributed by atoms with van der Waals surface area (Å²) in [7, 11) is 2.15. The summed E-state index contributed by atoms with van der Waals surface area (Å²) in [6, 6.07) is 0. The third-order valence-electron chi connectivity index (χ3n) is 2.53. The number of likely N-dealkylation sites (N-methyl/N-ethyl adjacent to an activating group) is 2. The fraction of sp³-hybridized carbons (Fsp3) is 0.500. The van der Waals surface area contributed by atoms with Crippen molar-refractivity contribution in [1.82, 2.24) is 9.80 Å². The minimum absolute atomic E-state index is 1.01. The summed E-state index contributed by atoms with van der Waals surface area (Å²) in [5.41, 5.74) is 2.71. The molecule has 0 aromatic rings. The first-order valence-electron chi connectivity index (χ1n) is 5.14. The second-order valence-electron chi connectivity index (χ2n) is 3.61. The second-order valence-corrected chi connectivity index (χ2v) is 3.61. The van der Waals surface area contributed by atoms with Crippen molar-refractivity contribution in [1.29, 1.82) is 0 Å². The normalized spacial score (nSPS) is 24.6. The molecule has 0 unspecified atom stereocenters. The van der Waals surface area contributed by atoms with Crippen LogP contribution in [0.1, 0.15) is 13.8 Å². The van der Waals surface area contributed by atoms with Gasteiger partial charge in [-0.25, -0.2) is 0 Å². The van der Waals surface area contributed by atoms with E-state index in [1.165, 1.54) is 11.3 Å². The van der Waals surface area contributed by atoms with Crippen molar-refractivity contribution in [3.05, 3.63) is 36.1 Å². The molecule has 0 atom stereocenters. The number of hydrogen-bond acceptors (Lipinski definition) is 2. The highest BCUT2D eigenvalue weighted by Gasteiger charge is 2.20. The molecule has 1 saturated heterocycles. The van der Waals surface area contributed by atoms with Gasteiger partial charge < -0.3 is 4.90 Å². The third kappa shape index (κ3) is 2.26. The van der Waals surface area contributed by atoms with Crippen LogP contribution >= 0.6 is 0 Å². The maximum atomic E-state index is 3.77. The molecule has 14 heavy (non-hydrogen) atoms. The summed E-state index contributed by atoms with van der Waals surface area (Å²) in [5.74, 6) is 0. The zero-order valence-corrected chi connectivity index (χ0v) is 9.45. The molecule has 1 fully saturated rings. The van der Waals surface area contributed by atoms with Gasteiger partial charge in [0, 0.05) is 18.8 Å². The SMILES string of the molecule is C=C/C=C1\C(=C/C)CN(C)CN1CC. The predicted octanol–water partition coefficient (Wildman–Crippen LogP) is 2.23. The van der Waals surface area contributed by atoms with Crippen molar-refractivity contribution in [2.75, 3.05) is 26.8 Å². The van der Waals surface area contributed by atoms with Crippen molar-refractivity contribution >= 4 is 0 Å². The molecule has 0 aliphatic carbocycles. The van der Waals surface area contributed by atoms with E-state index in [0.717, 1.165) is 19.8 Å². The summed E-state index contributed by atoms with van der Waals surface area (Å²) in [4.78, 5) is 4.68. The lowest BCUT2D eigenvalue weighted by Crippen LogP contribution is -2.42. The Labute approximate surface area is 87.2 Å². The van der Waals surface area contributed by atoms with Crippen LogP contribution in [-0.2, 0) is 0 Å². The molecule has 0 aromatic heterocycles. The van der Waals surface area contributed by atoms with Crippen LogP contribution in [-0.4, -0.2) is 36.6 Å². The largest absolute Gasteiger partial charge is 0.359 e. The van der Waals surface area contributed by atoms with Gasteiger partial charge in [-0.1, -0.05) is 18.7 Å². The highest BCUT2D eigenvalue weighted by Crippen LogP contribution is 2.21. The van der Waals surface area contributed by atoms with Crippen molar-refractivity contribution in [3.8, 4) is 0 Å². The zero-order valence-electron chi connectivity index (χ0n) is 9.45. The van der Waals surface area contributed by atoms with E-state index in [9.17, 15) is 0 Å². The van der Waals surface area contributed by atoms with Crippen LogP contribution in [0.4, 0.5) is 0 Å². The first-order valence-corrected chi connectivity index (χ1v) is 5.14. The van der Waals surface area contributed by atoms with Crippen LogP contribution < -0.4 is 0 Å². The number of allylic oxidation sites excluding steroid dienone is 3. The van der Waals surface area contributed by atoms with E-state index in [-0.39, 0.29) is 0 Å². The van der Waals surface area contributed by atoms with Crippen molar-refractivity contribution in [3.63, 3.8) is 0 Å². The molecule has 0 amide bonds. The molecule has 1 aliphatic rings. The van der Waals surface area contributed by atoms with Gasteiger partial charge >= 0.3 is 0 Å². The molecule has 0 aromatic carbocycles. The van der Waals surface area contributed by atoms with E-state index in [4.69, 9.17) is 0 Å². The smallest absolute Gasteiger partial charge is 0.0707 e. The van der Waals surface area contributed by atoms with Crippen LogP contribution in [0, 0.1) is 0 Å². The molecule has 1 aliphatic heterocycles. The Morgan fingerprint density at radius 3 is 2.71 bits per heavy atom. The molecule has 2 heteroatoms. The van der Waals surface area contributed by atoms with Crippen LogP contribution in [0.5, 0.6) is 0 Å². The average molecular weight is 192 g/mol. The molecule has 1 heterocycles. The summed E-state index contributed by atoms with van der Waals surface area (Å²) in [5, 5.41) is 0. The topological polar surface area (TPSA) is 6.48 Å². The Kier molecular flexibility index (Phi) is 3.96. The van der Waals surface area contributed by atoms with Crippen LogP contribution in [0.15, 0.2) is 36.1 Å². The summed E-state index contributed by atoms with van der Waals surface area (Å²) >= 11 is 0. The minimum Gasteiger partial charge on any atom is -0.359 e. The highest BCUT2D eigenvalue weighted by molar-refractivity contribution is 5.34. The monoisotopic (exact) mass is 192 g/mol. The van der Waals surface area contributed by atoms with Crippen molar-refractivity contribution < 1.29 is 0 Å². The van der Waals surface area contributed by atoms with Crippen molar-refractivity contribution in [2.24, 2.45) is 0 Å². The lowest BCUT2D eigenvalue weighted by Gasteiger charge is -2.38. The van der Waals surface area contributed by atoms with Gasteiger partial charge in [0.05, 0.1) is 6.67 Å². The highest BCUT2D eigenvalue weighted by atomic mass is 15.3. The van der Waals surface area contributed by atoms with Crippen LogP contribution in [0.2, 0.25) is 0 Å². The Morgan fingerprint density at radius 2 is 2.21 bits per heavy atom. The Balaban J connectivity index is 2.94. The van der Waals surface area contributed by atoms with E-state index < -0.39 is 0 Å². The standard InChI is InChI=1S/C12H20N2/c1-5-8-12-11(6-2)9-13(4)10-14(12)7-3/h5-6,8H,1,7,9-10H2,2-4H3/b11-6-,12-8+. The molecule has 0 bridgehead atoms. The van der Waals surface area contributed by atoms with Crippen molar-refractivity contribution in [2.45, 2.75) is 13.8 Å². The molecule has 2 nitrogen and oxygen atoms in total. The number of rotatable bonds is 2. The van der Waals surface area contributed by atoms with Gasteiger partial charge in [-0.2, -0.15) is 0 Å². The lowest BCUT2D eigenvalue weighted by atomic mass is 10.1. The Bertz CT molecular complexity index is 263. The maximum Gasteiger partial charge on any atom is 0.0707 e. The third-order valence-corrected chi connectivity index (χ3v) is 2.53. The lowest BCUT2D eigenvalue weighted by molar-refractivity contribution is 0.182. The predicted molar refractivity (Wildman–Crippen MR) is 61.9 cm³/mol. The number of nitrogens with zero attached hydrogens (tertiary/aromatic N) is 2. The number of hydrogen-bond donors (Lipinski definition) is 0. The van der Waals surface area contributed by atoms with Gasteiger partial charge in [0.2, 0.25) is 0 Å². The van der Waals surface area contributed by atoms with Gasteiger partial charge in [0.1, 0.15) is 0 Å². The molecule has 0 radical (unpaired) electrons. The molecular weight excluding hydrogens is 172 g/mol. The van der Waals surface area contributed by atoms with Crippen LogP contribution in [0.25, 0.3) is 0 Å². The van der Waals surface area contributed by atoms with E-state index >= 15 is 0 Å². The van der Waals surface area contributed by atoms with Gasteiger partial charge in [0.15, 0.2) is 0 Å².